The van der Waals surface area contributed by atoms with Crippen LogP contribution in [0.15, 0.2) is 24.5 Å². The van der Waals surface area contributed by atoms with Gasteiger partial charge in [-0.05, 0) is 65.8 Å². The Morgan fingerprint density at radius 2 is 1.74 bits per heavy atom. The van der Waals surface area contributed by atoms with E-state index < -0.39 is 17.5 Å². The largest absolute Gasteiger partial charge is 0.481 e. The number of likely N-dealkylation sites (N-methyl/N-ethyl adjacent to an activating group) is 1. The molecular weight excluding hydrogens is 522 g/mol. The minimum absolute atomic E-state index is 0.101. The molecule has 4 rings (SSSR count). The Labute approximate surface area is 235 Å². The highest BCUT2D eigenvalue weighted by atomic mass is 35.5. The standard InChI is InChI=1S/C24H32ClN5O3.C4H8O2/c1-7-28-15(2)11-27(12-16(28)3)23(32)29-13-20-21(22(31)33-24(4,5)6)26-14-30(20)18-9-8-17(25)10-19(18)29;1-2-3-4(5)6/h8-10,14-16H,7,11-13H2,1-6H3;2-3H2,1H3,(H,5,6)/t15-,16+;. The molecule has 1 fully saturated rings. The summed E-state index contributed by atoms with van der Waals surface area (Å²) in [5.41, 5.74) is 1.66. The number of piperazine rings is 1. The zero-order chi connectivity index (χ0) is 29.1. The number of hydrogen-bond acceptors (Lipinski definition) is 6. The van der Waals surface area contributed by atoms with Crippen LogP contribution in [-0.2, 0) is 16.1 Å². The lowest BCUT2D eigenvalue weighted by Crippen LogP contribution is -2.60. The van der Waals surface area contributed by atoms with Crippen molar-refractivity contribution in [1.82, 2.24) is 19.4 Å². The number of imidazole rings is 1. The summed E-state index contributed by atoms with van der Waals surface area (Å²) in [5.74, 6) is -1.21. The number of aromatic nitrogens is 2. The van der Waals surface area contributed by atoms with E-state index in [4.69, 9.17) is 21.4 Å². The highest BCUT2D eigenvalue weighted by Crippen LogP contribution is 2.36. The van der Waals surface area contributed by atoms with Crippen LogP contribution in [0.2, 0.25) is 5.02 Å². The predicted molar refractivity (Wildman–Crippen MR) is 151 cm³/mol. The van der Waals surface area contributed by atoms with E-state index >= 15 is 0 Å². The van der Waals surface area contributed by atoms with Crippen LogP contribution in [0.3, 0.4) is 0 Å². The first-order valence-electron chi connectivity index (χ1n) is 13.4. The van der Waals surface area contributed by atoms with E-state index in [1.807, 2.05) is 43.2 Å². The first kappa shape index (κ1) is 30.4. The summed E-state index contributed by atoms with van der Waals surface area (Å²) in [7, 11) is 0. The number of carboxylic acid groups (broad SMARTS) is 1. The highest BCUT2D eigenvalue weighted by Gasteiger charge is 2.37. The van der Waals surface area contributed by atoms with Gasteiger partial charge in [-0.1, -0.05) is 25.4 Å². The quantitative estimate of drug-likeness (QED) is 0.511. The number of hydrogen-bond donors (Lipinski definition) is 1. The van der Waals surface area contributed by atoms with Gasteiger partial charge >= 0.3 is 18.0 Å². The number of nitrogens with zero attached hydrogens (tertiary/aromatic N) is 5. The Bertz CT molecular complexity index is 1200. The van der Waals surface area contributed by atoms with Gasteiger partial charge in [0.1, 0.15) is 11.9 Å². The molecular formula is C28H40ClN5O5. The number of urea groups is 1. The fraction of sp³-hybridized carbons (Fsp3) is 0.571. The van der Waals surface area contributed by atoms with Gasteiger partial charge in [-0.3, -0.25) is 19.2 Å². The summed E-state index contributed by atoms with van der Waals surface area (Å²) in [6, 6.07) is 5.83. The molecule has 39 heavy (non-hydrogen) atoms. The van der Waals surface area contributed by atoms with Gasteiger partial charge in [0.25, 0.3) is 0 Å². The van der Waals surface area contributed by atoms with Gasteiger partial charge in [-0.2, -0.15) is 0 Å². The molecule has 0 bridgehead atoms. The average molecular weight is 562 g/mol. The summed E-state index contributed by atoms with van der Waals surface area (Å²) in [4.78, 5) is 46.6. The molecule has 0 aliphatic carbocycles. The molecule has 0 saturated carbocycles. The number of anilines is 1. The maximum absolute atomic E-state index is 13.8. The molecule has 1 aromatic carbocycles. The van der Waals surface area contributed by atoms with Gasteiger partial charge in [0, 0.05) is 36.6 Å². The Balaban J connectivity index is 0.000000631. The number of carbonyl (C=O) groups excluding carboxylic acids is 2. The fourth-order valence-corrected chi connectivity index (χ4v) is 5.24. The van der Waals surface area contributed by atoms with Crippen molar-refractivity contribution in [2.75, 3.05) is 24.5 Å². The number of carboxylic acids is 1. The van der Waals surface area contributed by atoms with Crippen LogP contribution in [0, 0.1) is 0 Å². The van der Waals surface area contributed by atoms with Crippen LogP contribution in [0.25, 0.3) is 5.69 Å². The third kappa shape index (κ3) is 7.10. The van der Waals surface area contributed by atoms with Crippen molar-refractivity contribution < 1.29 is 24.2 Å². The second kappa shape index (κ2) is 12.4. The molecule has 2 aromatic rings. The number of aliphatic carboxylic acids is 1. The maximum Gasteiger partial charge on any atom is 0.359 e. The summed E-state index contributed by atoms with van der Waals surface area (Å²) >= 11 is 6.31. The maximum atomic E-state index is 13.8. The van der Waals surface area contributed by atoms with Crippen LogP contribution in [0.4, 0.5) is 10.5 Å². The van der Waals surface area contributed by atoms with Crippen molar-refractivity contribution in [2.45, 2.75) is 85.5 Å². The lowest BCUT2D eigenvalue weighted by atomic mass is 10.1. The molecule has 2 atom stereocenters. The summed E-state index contributed by atoms with van der Waals surface area (Å²) in [5, 5.41) is 8.46. The molecule has 2 amide bonds. The lowest BCUT2D eigenvalue weighted by molar-refractivity contribution is -0.137. The SMILES string of the molecule is CCCC(=O)O.CCN1[C@H](C)CN(C(=O)N2Cc3c(C(=O)OC(C)(C)C)ncn3-c3ccc(Cl)cc32)C[C@@H]1C. The van der Waals surface area contributed by atoms with Gasteiger partial charge < -0.3 is 14.7 Å². The second-order valence-corrected chi connectivity index (χ2v) is 11.4. The Morgan fingerprint density at radius 1 is 1.10 bits per heavy atom. The van der Waals surface area contributed by atoms with Gasteiger partial charge in [0.15, 0.2) is 5.69 Å². The third-order valence-corrected chi connectivity index (χ3v) is 6.92. The highest BCUT2D eigenvalue weighted by molar-refractivity contribution is 6.31. The zero-order valence-electron chi connectivity index (χ0n) is 23.9. The topological polar surface area (TPSA) is 108 Å². The molecule has 1 aromatic heterocycles. The van der Waals surface area contributed by atoms with Crippen molar-refractivity contribution >= 4 is 35.3 Å². The average Bonchev–Trinajstić information content (AvgIpc) is 3.26. The lowest BCUT2D eigenvalue weighted by Gasteiger charge is -2.45. The van der Waals surface area contributed by atoms with Crippen molar-refractivity contribution in [1.29, 1.82) is 0 Å². The summed E-state index contributed by atoms with van der Waals surface area (Å²) < 4.78 is 7.41. The van der Waals surface area contributed by atoms with Crippen LogP contribution in [0.1, 0.15) is 77.5 Å². The Morgan fingerprint density at radius 3 is 2.26 bits per heavy atom. The number of amides is 2. The van der Waals surface area contributed by atoms with Crippen molar-refractivity contribution in [3.8, 4) is 5.69 Å². The van der Waals surface area contributed by atoms with Gasteiger partial charge in [-0.15, -0.1) is 0 Å². The zero-order valence-corrected chi connectivity index (χ0v) is 24.7. The van der Waals surface area contributed by atoms with E-state index in [-0.39, 0.29) is 30.4 Å². The number of rotatable bonds is 4. The van der Waals surface area contributed by atoms with E-state index in [0.717, 1.165) is 18.7 Å². The Hall–Kier alpha value is -3.11. The van der Waals surface area contributed by atoms with Crippen LogP contribution in [0.5, 0.6) is 0 Å². The molecule has 0 spiro atoms. The molecule has 11 heteroatoms. The first-order valence-corrected chi connectivity index (χ1v) is 13.8. The second-order valence-electron chi connectivity index (χ2n) is 11.0. The Kier molecular flexibility index (Phi) is 9.66. The molecule has 0 radical (unpaired) electrons. The normalized spacial score (nSPS) is 19.0. The summed E-state index contributed by atoms with van der Waals surface area (Å²) in [6.07, 6.45) is 2.63. The molecule has 1 saturated heterocycles. The molecule has 2 aliphatic rings. The molecule has 2 aliphatic heterocycles. The van der Waals surface area contributed by atoms with E-state index in [2.05, 4.69) is 30.7 Å². The van der Waals surface area contributed by atoms with E-state index in [0.29, 0.717) is 35.9 Å². The van der Waals surface area contributed by atoms with Gasteiger partial charge in [0.2, 0.25) is 0 Å². The molecule has 10 nitrogen and oxygen atoms in total. The fourth-order valence-electron chi connectivity index (χ4n) is 5.07. The number of fused-ring (bicyclic) bond motifs is 3. The number of ether oxygens (including phenoxy) is 1. The monoisotopic (exact) mass is 561 g/mol. The van der Waals surface area contributed by atoms with E-state index in [1.165, 1.54) is 0 Å². The predicted octanol–water partition coefficient (Wildman–Crippen LogP) is 5.21. The van der Waals surface area contributed by atoms with Crippen molar-refractivity contribution in [2.24, 2.45) is 0 Å². The molecule has 1 N–H and O–H groups in total. The van der Waals surface area contributed by atoms with E-state index in [1.54, 1.807) is 23.4 Å². The number of benzene rings is 1. The minimum Gasteiger partial charge on any atom is -0.481 e. The third-order valence-electron chi connectivity index (χ3n) is 6.69. The molecule has 0 unspecified atom stereocenters. The molecule has 214 valence electrons. The van der Waals surface area contributed by atoms with Gasteiger partial charge in [-0.25, -0.2) is 14.6 Å². The first-order chi connectivity index (χ1) is 18.3. The summed E-state index contributed by atoms with van der Waals surface area (Å²) in [6.45, 7) is 16.2. The smallest absolute Gasteiger partial charge is 0.359 e. The van der Waals surface area contributed by atoms with E-state index in [9.17, 15) is 14.4 Å². The van der Waals surface area contributed by atoms with Crippen LogP contribution >= 0.6 is 11.6 Å². The number of halogens is 1. The van der Waals surface area contributed by atoms with Crippen molar-refractivity contribution in [3.05, 3.63) is 40.9 Å². The number of esters is 1. The van der Waals surface area contributed by atoms with Crippen LogP contribution in [-0.4, -0.2) is 79.7 Å². The molecule has 3 heterocycles. The van der Waals surface area contributed by atoms with Gasteiger partial charge in [0.05, 0.1) is 23.6 Å². The number of carbonyl (C=O) groups is 3. The van der Waals surface area contributed by atoms with Crippen molar-refractivity contribution in [3.63, 3.8) is 0 Å². The van der Waals surface area contributed by atoms with Crippen LogP contribution < -0.4 is 4.90 Å². The minimum atomic E-state index is -0.711.